The van der Waals surface area contributed by atoms with E-state index in [0.717, 1.165) is 40.9 Å². The lowest BCUT2D eigenvalue weighted by atomic mass is 9.93. The summed E-state index contributed by atoms with van der Waals surface area (Å²) in [4.78, 5) is 53.5. The van der Waals surface area contributed by atoms with Crippen LogP contribution in [0.15, 0.2) is 35.7 Å². The lowest BCUT2D eigenvalue weighted by Crippen LogP contribution is -2.54. The maximum atomic E-state index is 14.3. The Bertz CT molecular complexity index is 2040. The Kier molecular flexibility index (Phi) is 9.83. The number of methoxy groups -OCH3 is 1. The summed E-state index contributed by atoms with van der Waals surface area (Å²) in [7, 11) is -0.445. The first-order chi connectivity index (χ1) is 24.8. The number of aryl methyl sites for hydroxylation is 1. The van der Waals surface area contributed by atoms with Crippen molar-refractivity contribution in [3.05, 3.63) is 47.0 Å². The topological polar surface area (TPSA) is 157 Å². The van der Waals surface area contributed by atoms with Crippen LogP contribution in [0.1, 0.15) is 82.4 Å². The van der Waals surface area contributed by atoms with Gasteiger partial charge in [0.25, 0.3) is 5.91 Å². The van der Waals surface area contributed by atoms with Crippen LogP contribution in [0.2, 0.25) is 0 Å². The molecule has 0 spiro atoms. The van der Waals surface area contributed by atoms with Gasteiger partial charge in [0.15, 0.2) is 0 Å². The highest BCUT2D eigenvalue weighted by atomic mass is 32.2. The molecule has 1 aromatic carbocycles. The second-order valence-corrected chi connectivity index (χ2v) is 17.9. The minimum absolute atomic E-state index is 0.147. The van der Waals surface area contributed by atoms with E-state index in [-0.39, 0.29) is 30.6 Å². The number of carbonyl (C=O) groups is 3. The summed E-state index contributed by atoms with van der Waals surface area (Å²) in [6.07, 6.45) is 7.61. The summed E-state index contributed by atoms with van der Waals surface area (Å²) in [5.41, 5.74) is 1.79. The van der Waals surface area contributed by atoms with Gasteiger partial charge in [0, 0.05) is 41.9 Å². The smallest absolute Gasteiger partial charge is 0.259 e. The average molecular weight is 750 g/mol. The summed E-state index contributed by atoms with van der Waals surface area (Å²) in [6, 6.07) is 5.66. The maximum Gasteiger partial charge on any atom is 0.259 e. The van der Waals surface area contributed by atoms with Crippen LogP contribution < -0.4 is 19.5 Å². The molecule has 278 valence electrons. The molecule has 2 aromatic heterocycles. The third-order valence-electron chi connectivity index (χ3n) is 11.0. The first kappa shape index (κ1) is 36.3. The van der Waals surface area contributed by atoms with Gasteiger partial charge >= 0.3 is 0 Å². The fourth-order valence-electron chi connectivity index (χ4n) is 7.55. The SMILES string of the molecule is COc1ccc2c(O[C@@H]3C[C@@H]4C(=O)N[C@]5(C(=O)NS(=O)(=O)C6CC6)C[C@H]5/C=C/CCCCN(C)C(=O)[C@@H]4C3)cc(-c3nc(C(C)C)cs3)nc2c1C. The summed E-state index contributed by atoms with van der Waals surface area (Å²) in [5.74, 6) is -1.63. The number of pyridine rings is 1. The number of rotatable bonds is 8. The minimum atomic E-state index is -3.83. The lowest BCUT2D eigenvalue weighted by molar-refractivity contribution is -0.140. The van der Waals surface area contributed by atoms with Crippen LogP contribution in [-0.4, -0.2) is 78.6 Å². The number of benzene rings is 1. The Morgan fingerprint density at radius 3 is 2.60 bits per heavy atom. The molecule has 2 N–H and O–H groups in total. The second kappa shape index (κ2) is 14.1. The van der Waals surface area contributed by atoms with Crippen molar-refractivity contribution in [3.63, 3.8) is 0 Å². The predicted molar refractivity (Wildman–Crippen MR) is 199 cm³/mol. The first-order valence-corrected chi connectivity index (χ1v) is 20.6. The van der Waals surface area contributed by atoms with Crippen LogP contribution in [0.25, 0.3) is 21.6 Å². The van der Waals surface area contributed by atoms with Gasteiger partial charge in [-0.1, -0.05) is 26.0 Å². The maximum absolute atomic E-state index is 14.3. The standard InChI is InChI=1S/C38H47N5O7S2/c1-21(2)30-20-51-35(40-30)29-18-32(26-13-14-31(49-5)22(3)33(26)39-29)50-24-16-27-28(17-24)36(45)43(4)15-9-7-6-8-10-23-19-38(23,41-34(27)44)37(46)42-52(47,48)25-11-12-25/h8,10,13-14,18,20-21,23-25,27-28H,6-7,9,11-12,15-17,19H2,1-5H3,(H,41,44)(H,42,46)/b10-8+/t23-,24-,27+,28-,38-/m1/s1. The molecule has 3 saturated carbocycles. The molecule has 7 rings (SSSR count). The van der Waals surface area contributed by atoms with Crippen molar-refractivity contribution in [3.8, 4) is 22.2 Å². The monoisotopic (exact) mass is 749 g/mol. The molecule has 0 saturated heterocycles. The van der Waals surface area contributed by atoms with Crippen molar-refractivity contribution in [1.29, 1.82) is 0 Å². The van der Waals surface area contributed by atoms with Crippen molar-refractivity contribution < 1.29 is 32.3 Å². The van der Waals surface area contributed by atoms with Gasteiger partial charge in [-0.15, -0.1) is 11.3 Å². The molecular formula is C38H47N5O7S2. The summed E-state index contributed by atoms with van der Waals surface area (Å²) in [5, 5.41) is 5.95. The van der Waals surface area contributed by atoms with Gasteiger partial charge < -0.3 is 19.7 Å². The molecular weight excluding hydrogens is 703 g/mol. The number of allylic oxidation sites excluding steroid dienone is 1. The number of nitrogens with one attached hydrogen (secondary N) is 2. The van der Waals surface area contributed by atoms with Gasteiger partial charge in [0.2, 0.25) is 21.8 Å². The van der Waals surface area contributed by atoms with Gasteiger partial charge in [-0.3, -0.25) is 19.1 Å². The zero-order chi connectivity index (χ0) is 36.9. The van der Waals surface area contributed by atoms with E-state index < -0.39 is 50.6 Å². The number of ether oxygens (including phenoxy) is 2. The number of nitrogens with zero attached hydrogens (tertiary/aromatic N) is 3. The molecule has 14 heteroatoms. The molecule has 3 aliphatic carbocycles. The number of aromatic nitrogens is 2. The Hall–Kier alpha value is -4.04. The second-order valence-electron chi connectivity index (χ2n) is 15.1. The highest BCUT2D eigenvalue weighted by Crippen LogP contribution is 2.47. The molecule has 3 aromatic rings. The number of carbonyl (C=O) groups excluding carboxylic acids is 3. The largest absolute Gasteiger partial charge is 0.496 e. The van der Waals surface area contributed by atoms with E-state index in [4.69, 9.17) is 19.4 Å². The number of amides is 3. The predicted octanol–water partition coefficient (Wildman–Crippen LogP) is 5.25. The zero-order valence-corrected chi connectivity index (χ0v) is 31.9. The quantitative estimate of drug-likeness (QED) is 0.294. The van der Waals surface area contributed by atoms with Gasteiger partial charge in [0.05, 0.1) is 35.4 Å². The van der Waals surface area contributed by atoms with Gasteiger partial charge in [-0.05, 0) is 76.3 Å². The highest BCUT2D eigenvalue weighted by Gasteiger charge is 2.62. The number of hydrogen-bond acceptors (Lipinski definition) is 10. The molecule has 3 amide bonds. The Morgan fingerprint density at radius 2 is 1.88 bits per heavy atom. The summed E-state index contributed by atoms with van der Waals surface area (Å²) in [6.45, 7) is 6.69. The number of thiazole rings is 1. The fraction of sp³-hybridized carbons (Fsp3) is 0.553. The molecule has 5 atom stereocenters. The van der Waals surface area contributed by atoms with E-state index >= 15 is 0 Å². The van der Waals surface area contributed by atoms with Crippen LogP contribution >= 0.6 is 11.3 Å². The Morgan fingerprint density at radius 1 is 1.12 bits per heavy atom. The Balaban J connectivity index is 1.21. The first-order valence-electron chi connectivity index (χ1n) is 18.2. The third kappa shape index (κ3) is 7.03. The van der Waals surface area contributed by atoms with Gasteiger partial charge in [-0.25, -0.2) is 18.4 Å². The van der Waals surface area contributed by atoms with E-state index in [0.29, 0.717) is 48.5 Å². The average Bonchev–Trinajstić information content (AvgIpc) is 3.98. The molecule has 3 fully saturated rings. The molecule has 3 heterocycles. The van der Waals surface area contributed by atoms with Crippen molar-refractivity contribution in [1.82, 2.24) is 24.9 Å². The van der Waals surface area contributed by atoms with E-state index in [1.807, 2.05) is 42.7 Å². The molecule has 0 bridgehead atoms. The Labute approximate surface area is 308 Å². The van der Waals surface area contributed by atoms with Crippen molar-refractivity contribution in [2.24, 2.45) is 17.8 Å². The molecule has 12 nitrogen and oxygen atoms in total. The van der Waals surface area contributed by atoms with Crippen molar-refractivity contribution in [2.45, 2.75) is 94.9 Å². The van der Waals surface area contributed by atoms with Crippen LogP contribution in [0.4, 0.5) is 0 Å². The molecule has 0 radical (unpaired) electrons. The number of hydrogen-bond donors (Lipinski definition) is 2. The van der Waals surface area contributed by atoms with Crippen LogP contribution in [0.3, 0.4) is 0 Å². The molecule has 0 unspecified atom stereocenters. The van der Waals surface area contributed by atoms with E-state index in [1.54, 1.807) is 19.1 Å². The van der Waals surface area contributed by atoms with Gasteiger partial charge in [0.1, 0.15) is 33.8 Å². The van der Waals surface area contributed by atoms with Crippen LogP contribution in [-0.2, 0) is 24.4 Å². The van der Waals surface area contributed by atoms with Crippen LogP contribution in [0, 0.1) is 24.7 Å². The van der Waals surface area contributed by atoms with E-state index in [2.05, 4.69) is 23.9 Å². The number of fused-ring (bicyclic) bond motifs is 3. The number of sulfonamides is 1. The molecule has 4 aliphatic rings. The molecule has 52 heavy (non-hydrogen) atoms. The van der Waals surface area contributed by atoms with Crippen molar-refractivity contribution in [2.75, 3.05) is 20.7 Å². The third-order valence-corrected chi connectivity index (χ3v) is 13.7. The van der Waals surface area contributed by atoms with E-state index in [9.17, 15) is 22.8 Å². The van der Waals surface area contributed by atoms with Crippen molar-refractivity contribution >= 4 is 50.0 Å². The minimum Gasteiger partial charge on any atom is -0.496 e. The highest BCUT2D eigenvalue weighted by molar-refractivity contribution is 7.91. The summed E-state index contributed by atoms with van der Waals surface area (Å²) < 4.78 is 40.2. The van der Waals surface area contributed by atoms with E-state index in [1.165, 1.54) is 11.3 Å². The fourth-order valence-corrected chi connectivity index (χ4v) is 9.85. The summed E-state index contributed by atoms with van der Waals surface area (Å²) >= 11 is 1.51. The zero-order valence-electron chi connectivity index (χ0n) is 30.3. The van der Waals surface area contributed by atoms with Crippen LogP contribution in [0.5, 0.6) is 11.5 Å². The normalized spacial score (nSPS) is 27.4. The lowest BCUT2D eigenvalue weighted by Gasteiger charge is -2.26. The van der Waals surface area contributed by atoms with Gasteiger partial charge in [-0.2, -0.15) is 0 Å². The molecule has 1 aliphatic heterocycles.